The maximum Gasteiger partial charge on any atom is 0.337 e. The molecule has 0 saturated heterocycles. The summed E-state index contributed by atoms with van der Waals surface area (Å²) in [6.45, 7) is 0.781. The molecule has 0 bridgehead atoms. The van der Waals surface area contributed by atoms with Crippen LogP contribution in [0.5, 0.6) is 0 Å². The summed E-state index contributed by atoms with van der Waals surface area (Å²) in [5.74, 6) is -1.00. The Morgan fingerprint density at radius 2 is 2.22 bits per heavy atom. The van der Waals surface area contributed by atoms with Crippen molar-refractivity contribution in [1.82, 2.24) is 0 Å². The fourth-order valence-electron chi connectivity index (χ4n) is 1.71. The summed E-state index contributed by atoms with van der Waals surface area (Å²) >= 11 is 1.69. The van der Waals surface area contributed by atoms with Gasteiger partial charge in [0, 0.05) is 23.3 Å². The van der Waals surface area contributed by atoms with E-state index in [9.17, 15) is 4.79 Å². The molecule has 1 heterocycles. The Balaban J connectivity index is 2.18. The standard InChI is InChI=1S/C13H14N2O2S/c1-15(8-10-3-2-6-18-10)9-4-5-11(13(16)17)12(14)7-9/h2-7H,8,14H2,1H3,(H,16,17). The van der Waals surface area contributed by atoms with E-state index in [-0.39, 0.29) is 11.3 Å². The Labute approximate surface area is 109 Å². The number of nitrogens with zero attached hydrogens (tertiary/aromatic N) is 1. The Morgan fingerprint density at radius 1 is 1.44 bits per heavy atom. The highest BCUT2D eigenvalue weighted by atomic mass is 32.1. The van der Waals surface area contributed by atoms with Crippen molar-refractivity contribution < 1.29 is 9.90 Å². The predicted molar refractivity (Wildman–Crippen MR) is 74.2 cm³/mol. The van der Waals surface area contributed by atoms with E-state index in [1.807, 2.05) is 23.4 Å². The number of anilines is 2. The monoisotopic (exact) mass is 262 g/mol. The number of nitrogens with two attached hydrogens (primary N) is 1. The summed E-state index contributed by atoms with van der Waals surface area (Å²) < 4.78 is 0. The van der Waals surface area contributed by atoms with Gasteiger partial charge in [0.1, 0.15) is 0 Å². The zero-order valence-electron chi connectivity index (χ0n) is 9.96. The second-order valence-electron chi connectivity index (χ2n) is 4.01. The lowest BCUT2D eigenvalue weighted by molar-refractivity contribution is 0.0698. The van der Waals surface area contributed by atoms with E-state index < -0.39 is 5.97 Å². The average Bonchev–Trinajstić information content (AvgIpc) is 2.81. The molecule has 0 aliphatic carbocycles. The van der Waals surface area contributed by atoms with Crippen LogP contribution < -0.4 is 10.6 Å². The topological polar surface area (TPSA) is 66.6 Å². The number of carboxylic acids is 1. The molecule has 0 radical (unpaired) electrons. The van der Waals surface area contributed by atoms with Crippen LogP contribution in [0.15, 0.2) is 35.7 Å². The number of hydrogen-bond donors (Lipinski definition) is 2. The van der Waals surface area contributed by atoms with E-state index in [0.29, 0.717) is 0 Å². The molecule has 0 aliphatic heterocycles. The molecule has 0 amide bonds. The largest absolute Gasteiger partial charge is 0.478 e. The first-order valence-electron chi connectivity index (χ1n) is 5.44. The fourth-order valence-corrected chi connectivity index (χ4v) is 2.47. The van der Waals surface area contributed by atoms with Gasteiger partial charge in [0.05, 0.1) is 12.1 Å². The highest BCUT2D eigenvalue weighted by Crippen LogP contribution is 2.23. The van der Waals surface area contributed by atoms with Crippen LogP contribution in [0.25, 0.3) is 0 Å². The number of thiophene rings is 1. The van der Waals surface area contributed by atoms with Gasteiger partial charge in [-0.1, -0.05) is 6.07 Å². The van der Waals surface area contributed by atoms with Gasteiger partial charge in [0.25, 0.3) is 0 Å². The molecule has 4 nitrogen and oxygen atoms in total. The summed E-state index contributed by atoms with van der Waals surface area (Å²) in [5, 5.41) is 10.9. The molecule has 1 aromatic carbocycles. The summed E-state index contributed by atoms with van der Waals surface area (Å²) in [4.78, 5) is 14.2. The van der Waals surface area contributed by atoms with Crippen molar-refractivity contribution in [2.75, 3.05) is 17.7 Å². The molecule has 1 aromatic heterocycles. The summed E-state index contributed by atoms with van der Waals surface area (Å²) in [5.41, 5.74) is 7.07. The molecule has 0 spiro atoms. The third kappa shape index (κ3) is 2.62. The van der Waals surface area contributed by atoms with Crippen LogP contribution in [0, 0.1) is 0 Å². The average molecular weight is 262 g/mol. The van der Waals surface area contributed by atoms with E-state index in [4.69, 9.17) is 10.8 Å². The van der Waals surface area contributed by atoms with E-state index in [1.165, 1.54) is 10.9 Å². The van der Waals surface area contributed by atoms with Gasteiger partial charge in [-0.25, -0.2) is 4.79 Å². The molecule has 0 aliphatic rings. The van der Waals surface area contributed by atoms with Crippen molar-refractivity contribution in [2.24, 2.45) is 0 Å². The smallest absolute Gasteiger partial charge is 0.337 e. The van der Waals surface area contributed by atoms with Crippen LogP contribution in [0.1, 0.15) is 15.2 Å². The predicted octanol–water partition coefficient (Wildman–Crippen LogP) is 2.66. The van der Waals surface area contributed by atoms with Gasteiger partial charge >= 0.3 is 5.97 Å². The normalized spacial score (nSPS) is 10.3. The SMILES string of the molecule is CN(Cc1cccs1)c1ccc(C(=O)O)c(N)c1. The Hall–Kier alpha value is -2.01. The maximum atomic E-state index is 10.9. The molecule has 3 N–H and O–H groups in total. The molecule has 0 saturated carbocycles. The quantitative estimate of drug-likeness (QED) is 0.831. The summed E-state index contributed by atoms with van der Waals surface area (Å²) in [6.07, 6.45) is 0. The van der Waals surface area contributed by atoms with E-state index in [2.05, 4.69) is 6.07 Å². The van der Waals surface area contributed by atoms with Crippen molar-refractivity contribution in [3.05, 3.63) is 46.2 Å². The molecule has 0 atom stereocenters. The van der Waals surface area contributed by atoms with Crippen LogP contribution >= 0.6 is 11.3 Å². The van der Waals surface area contributed by atoms with Crippen LogP contribution in [0.4, 0.5) is 11.4 Å². The minimum Gasteiger partial charge on any atom is -0.478 e. The first-order chi connectivity index (χ1) is 8.58. The van der Waals surface area contributed by atoms with Crippen molar-refractivity contribution in [1.29, 1.82) is 0 Å². The number of hydrogen-bond acceptors (Lipinski definition) is 4. The van der Waals surface area contributed by atoms with Crippen molar-refractivity contribution in [2.45, 2.75) is 6.54 Å². The van der Waals surface area contributed by atoms with Crippen molar-refractivity contribution >= 4 is 28.7 Å². The van der Waals surface area contributed by atoms with E-state index in [0.717, 1.165) is 12.2 Å². The second kappa shape index (κ2) is 5.10. The van der Waals surface area contributed by atoms with Gasteiger partial charge in [-0.2, -0.15) is 0 Å². The molecular formula is C13H14N2O2S. The van der Waals surface area contributed by atoms with Gasteiger partial charge < -0.3 is 15.7 Å². The zero-order chi connectivity index (χ0) is 13.1. The third-order valence-corrected chi connectivity index (χ3v) is 3.54. The molecule has 5 heteroatoms. The Bertz CT molecular complexity index is 552. The number of carbonyl (C=O) groups is 1. The van der Waals surface area contributed by atoms with Crippen LogP contribution in [0.2, 0.25) is 0 Å². The first-order valence-corrected chi connectivity index (χ1v) is 6.32. The van der Waals surface area contributed by atoms with Crippen LogP contribution in [-0.2, 0) is 6.54 Å². The highest BCUT2D eigenvalue weighted by Gasteiger charge is 2.10. The van der Waals surface area contributed by atoms with Crippen molar-refractivity contribution in [3.8, 4) is 0 Å². The Morgan fingerprint density at radius 3 is 2.78 bits per heavy atom. The first kappa shape index (κ1) is 12.4. The molecule has 2 aromatic rings. The number of aromatic carboxylic acids is 1. The Kier molecular flexibility index (Phi) is 3.53. The second-order valence-corrected chi connectivity index (χ2v) is 5.04. The fraction of sp³-hybridized carbons (Fsp3) is 0.154. The van der Waals surface area contributed by atoms with E-state index >= 15 is 0 Å². The summed E-state index contributed by atoms with van der Waals surface area (Å²) in [7, 11) is 1.95. The molecule has 94 valence electrons. The zero-order valence-corrected chi connectivity index (χ0v) is 10.8. The maximum absolute atomic E-state index is 10.9. The molecule has 0 fully saturated rings. The lowest BCUT2D eigenvalue weighted by Crippen LogP contribution is -2.16. The van der Waals surface area contributed by atoms with E-state index in [1.54, 1.807) is 23.5 Å². The molecule has 18 heavy (non-hydrogen) atoms. The number of benzene rings is 1. The van der Waals surface area contributed by atoms with Gasteiger partial charge in [0.2, 0.25) is 0 Å². The highest BCUT2D eigenvalue weighted by molar-refractivity contribution is 7.09. The van der Waals surface area contributed by atoms with Gasteiger partial charge in [-0.15, -0.1) is 11.3 Å². The van der Waals surface area contributed by atoms with Gasteiger partial charge in [-0.05, 0) is 29.6 Å². The minimum atomic E-state index is -1.00. The number of rotatable bonds is 4. The molecular weight excluding hydrogens is 248 g/mol. The van der Waals surface area contributed by atoms with Gasteiger partial charge in [-0.3, -0.25) is 0 Å². The number of carboxylic acid groups (broad SMARTS) is 1. The lowest BCUT2D eigenvalue weighted by atomic mass is 10.1. The third-order valence-electron chi connectivity index (χ3n) is 2.68. The molecule has 0 unspecified atom stereocenters. The summed E-state index contributed by atoms with van der Waals surface area (Å²) in [6, 6.07) is 9.08. The van der Waals surface area contributed by atoms with Crippen LogP contribution in [0.3, 0.4) is 0 Å². The van der Waals surface area contributed by atoms with Crippen LogP contribution in [-0.4, -0.2) is 18.1 Å². The lowest BCUT2D eigenvalue weighted by Gasteiger charge is -2.19. The minimum absolute atomic E-state index is 0.142. The molecule has 2 rings (SSSR count). The number of nitrogen functional groups attached to an aromatic ring is 1. The van der Waals surface area contributed by atoms with Gasteiger partial charge in [0.15, 0.2) is 0 Å². The van der Waals surface area contributed by atoms with Crippen molar-refractivity contribution in [3.63, 3.8) is 0 Å².